The molecular weight excluding hydrogens is 449 g/mol. The number of anilines is 1. The quantitative estimate of drug-likeness (QED) is 0.518. The molecular formula is C25H19F3N2O4. The predicted molar refractivity (Wildman–Crippen MR) is 118 cm³/mol. The van der Waals surface area contributed by atoms with Crippen molar-refractivity contribution in [3.05, 3.63) is 94.5 Å². The summed E-state index contributed by atoms with van der Waals surface area (Å²) in [6, 6.07) is 17.3. The molecule has 4 rings (SSSR count). The van der Waals surface area contributed by atoms with Gasteiger partial charge < -0.3 is 10.1 Å². The van der Waals surface area contributed by atoms with Gasteiger partial charge in [-0.05, 0) is 54.4 Å². The van der Waals surface area contributed by atoms with E-state index in [1.54, 1.807) is 49.4 Å². The monoisotopic (exact) mass is 468 g/mol. The third kappa shape index (κ3) is 4.93. The number of rotatable bonds is 6. The van der Waals surface area contributed by atoms with Gasteiger partial charge in [-0.1, -0.05) is 30.3 Å². The maximum absolute atomic E-state index is 12.7. The second-order valence-corrected chi connectivity index (χ2v) is 7.80. The number of alkyl halides is 3. The Bertz CT molecular complexity index is 1230. The van der Waals surface area contributed by atoms with Crippen LogP contribution in [0, 0.1) is 6.92 Å². The summed E-state index contributed by atoms with van der Waals surface area (Å²) in [6.07, 6.45) is -4.51. The zero-order valence-electron chi connectivity index (χ0n) is 18.0. The zero-order chi connectivity index (χ0) is 24.5. The van der Waals surface area contributed by atoms with E-state index in [0.29, 0.717) is 22.3 Å². The molecule has 1 aliphatic rings. The molecule has 0 radical (unpaired) electrons. The van der Waals surface area contributed by atoms with Crippen molar-refractivity contribution < 1.29 is 32.3 Å². The van der Waals surface area contributed by atoms with Crippen LogP contribution in [-0.2, 0) is 6.54 Å². The molecule has 0 saturated carbocycles. The van der Waals surface area contributed by atoms with Gasteiger partial charge in [0, 0.05) is 5.56 Å². The minimum absolute atomic E-state index is 0.0433. The largest absolute Gasteiger partial charge is 0.482 e. The molecule has 0 fully saturated rings. The first-order valence-corrected chi connectivity index (χ1v) is 10.3. The number of benzene rings is 3. The maximum atomic E-state index is 12.7. The fourth-order valence-electron chi connectivity index (χ4n) is 3.53. The van der Waals surface area contributed by atoms with E-state index in [4.69, 9.17) is 4.74 Å². The second-order valence-electron chi connectivity index (χ2n) is 7.80. The van der Waals surface area contributed by atoms with Gasteiger partial charge in [-0.15, -0.1) is 0 Å². The van der Waals surface area contributed by atoms with Gasteiger partial charge in [0.15, 0.2) is 6.61 Å². The number of carbonyl (C=O) groups excluding carboxylic acids is 3. The van der Waals surface area contributed by atoms with Crippen LogP contribution in [0.3, 0.4) is 0 Å². The summed E-state index contributed by atoms with van der Waals surface area (Å²) in [5, 5.41) is 2.56. The lowest BCUT2D eigenvalue weighted by atomic mass is 10.1. The second kappa shape index (κ2) is 9.01. The minimum Gasteiger partial charge on any atom is -0.482 e. The summed E-state index contributed by atoms with van der Waals surface area (Å²) in [5.74, 6) is -1.40. The summed E-state index contributed by atoms with van der Waals surface area (Å²) in [5.41, 5.74) is 2.36. The molecule has 0 aromatic heterocycles. The predicted octanol–water partition coefficient (Wildman–Crippen LogP) is 4.98. The molecule has 0 unspecified atom stereocenters. The molecule has 3 amide bonds. The van der Waals surface area contributed by atoms with Crippen molar-refractivity contribution in [3.8, 4) is 5.75 Å². The molecule has 6 nitrogen and oxygen atoms in total. The van der Waals surface area contributed by atoms with E-state index in [1.165, 1.54) is 24.3 Å². The normalized spacial score (nSPS) is 13.1. The number of ether oxygens (including phenoxy) is 1. The van der Waals surface area contributed by atoms with E-state index in [0.717, 1.165) is 4.90 Å². The molecule has 174 valence electrons. The lowest BCUT2D eigenvalue weighted by Gasteiger charge is -2.15. The van der Waals surface area contributed by atoms with Gasteiger partial charge in [0.2, 0.25) is 0 Å². The van der Waals surface area contributed by atoms with Gasteiger partial charge in [0.05, 0.1) is 23.4 Å². The number of imide groups is 1. The van der Waals surface area contributed by atoms with Crippen molar-refractivity contribution in [1.29, 1.82) is 0 Å². The van der Waals surface area contributed by atoms with Crippen molar-refractivity contribution in [2.75, 3.05) is 11.9 Å². The lowest BCUT2D eigenvalue weighted by molar-refractivity contribution is -0.153. The van der Waals surface area contributed by atoms with Crippen LogP contribution >= 0.6 is 0 Å². The molecule has 34 heavy (non-hydrogen) atoms. The smallest absolute Gasteiger partial charge is 0.422 e. The summed E-state index contributed by atoms with van der Waals surface area (Å²) < 4.78 is 42.5. The summed E-state index contributed by atoms with van der Waals surface area (Å²) in [6.45, 7) is 0.257. The van der Waals surface area contributed by atoms with Crippen molar-refractivity contribution >= 4 is 23.4 Å². The molecule has 3 aromatic rings. The molecule has 0 spiro atoms. The number of hydrogen-bond donors (Lipinski definition) is 1. The van der Waals surface area contributed by atoms with Crippen LogP contribution in [0.1, 0.15) is 42.2 Å². The first kappa shape index (κ1) is 23.0. The Labute approximate surface area is 192 Å². The molecule has 0 aliphatic carbocycles. The summed E-state index contributed by atoms with van der Waals surface area (Å²) in [4.78, 5) is 38.8. The van der Waals surface area contributed by atoms with Crippen molar-refractivity contribution in [3.63, 3.8) is 0 Å². The Morgan fingerprint density at radius 2 is 1.56 bits per heavy atom. The fourth-order valence-corrected chi connectivity index (χ4v) is 3.53. The fraction of sp³-hybridized carbons (Fsp3) is 0.160. The van der Waals surface area contributed by atoms with Crippen LogP contribution in [0.15, 0.2) is 66.7 Å². The number of aryl methyl sites for hydroxylation is 1. The highest BCUT2D eigenvalue weighted by Crippen LogP contribution is 2.29. The third-order valence-electron chi connectivity index (χ3n) is 5.21. The molecule has 3 aromatic carbocycles. The number of fused-ring (bicyclic) bond motifs is 1. The Morgan fingerprint density at radius 3 is 2.15 bits per heavy atom. The Morgan fingerprint density at radius 1 is 0.941 bits per heavy atom. The summed E-state index contributed by atoms with van der Waals surface area (Å²) >= 11 is 0. The summed E-state index contributed by atoms with van der Waals surface area (Å²) in [7, 11) is 0. The molecule has 0 bridgehead atoms. The average molecular weight is 468 g/mol. The minimum atomic E-state index is -4.51. The van der Waals surface area contributed by atoms with Crippen LogP contribution in [0.5, 0.6) is 5.75 Å². The SMILES string of the molecule is Cc1ccc(NC(=O)c2ccc(CN3C(=O)c4ccccc4C3=O)cc2)c(OCC(F)(F)F)c1. The van der Waals surface area contributed by atoms with Gasteiger partial charge in [0.1, 0.15) is 5.75 Å². The first-order chi connectivity index (χ1) is 16.1. The van der Waals surface area contributed by atoms with Crippen LogP contribution < -0.4 is 10.1 Å². The Kier molecular flexibility index (Phi) is 6.10. The maximum Gasteiger partial charge on any atom is 0.422 e. The van der Waals surface area contributed by atoms with Gasteiger partial charge in [-0.25, -0.2) is 0 Å². The number of halogens is 3. The molecule has 9 heteroatoms. The molecule has 1 N–H and O–H groups in total. The van der Waals surface area contributed by atoms with E-state index in [9.17, 15) is 27.6 Å². The van der Waals surface area contributed by atoms with Gasteiger partial charge in [-0.2, -0.15) is 13.2 Å². The number of hydrogen-bond acceptors (Lipinski definition) is 4. The van der Waals surface area contributed by atoms with E-state index in [2.05, 4.69) is 5.32 Å². The number of amides is 3. The molecule has 1 aliphatic heterocycles. The number of nitrogens with zero attached hydrogens (tertiary/aromatic N) is 1. The molecule has 1 heterocycles. The van der Waals surface area contributed by atoms with Crippen molar-refractivity contribution in [2.24, 2.45) is 0 Å². The highest BCUT2D eigenvalue weighted by Gasteiger charge is 2.35. The Balaban J connectivity index is 1.45. The number of nitrogens with one attached hydrogen (secondary N) is 1. The molecule has 0 atom stereocenters. The van der Waals surface area contributed by atoms with Crippen LogP contribution in [0.4, 0.5) is 18.9 Å². The van der Waals surface area contributed by atoms with Crippen LogP contribution in [0.2, 0.25) is 0 Å². The topological polar surface area (TPSA) is 75.7 Å². The van der Waals surface area contributed by atoms with Crippen LogP contribution in [0.25, 0.3) is 0 Å². The van der Waals surface area contributed by atoms with E-state index >= 15 is 0 Å². The lowest BCUT2D eigenvalue weighted by Crippen LogP contribution is -2.29. The van der Waals surface area contributed by atoms with Gasteiger partial charge >= 0.3 is 6.18 Å². The van der Waals surface area contributed by atoms with Crippen molar-refractivity contribution in [2.45, 2.75) is 19.6 Å². The van der Waals surface area contributed by atoms with Gasteiger partial charge in [0.25, 0.3) is 17.7 Å². The Hall–Kier alpha value is -4.14. The molecule has 0 saturated heterocycles. The number of carbonyl (C=O) groups is 3. The van der Waals surface area contributed by atoms with Crippen LogP contribution in [-0.4, -0.2) is 35.4 Å². The standard InChI is InChI=1S/C25H19F3N2O4/c1-15-6-11-20(21(12-15)34-14-25(26,27)28)29-22(31)17-9-7-16(8-10-17)13-30-23(32)18-4-2-3-5-19(18)24(30)33/h2-12H,13-14H2,1H3,(H,29,31). The zero-order valence-corrected chi connectivity index (χ0v) is 18.0. The highest BCUT2D eigenvalue weighted by molar-refractivity contribution is 6.21. The van der Waals surface area contributed by atoms with Gasteiger partial charge in [-0.3, -0.25) is 19.3 Å². The average Bonchev–Trinajstić information content (AvgIpc) is 3.04. The van der Waals surface area contributed by atoms with E-state index in [1.807, 2.05) is 0 Å². The highest BCUT2D eigenvalue weighted by atomic mass is 19.4. The third-order valence-corrected chi connectivity index (χ3v) is 5.21. The van der Waals surface area contributed by atoms with Crippen molar-refractivity contribution in [1.82, 2.24) is 4.90 Å². The van der Waals surface area contributed by atoms with E-state index < -0.39 is 18.7 Å². The first-order valence-electron chi connectivity index (χ1n) is 10.3. The van der Waals surface area contributed by atoms with E-state index in [-0.39, 0.29) is 35.4 Å².